The molecule has 19 heavy (non-hydrogen) atoms. The van der Waals surface area contributed by atoms with Crippen molar-refractivity contribution in [2.24, 2.45) is 0 Å². The first kappa shape index (κ1) is 14.6. The van der Waals surface area contributed by atoms with Gasteiger partial charge in [0.05, 0.1) is 13.2 Å². The van der Waals surface area contributed by atoms with Crippen molar-refractivity contribution >= 4 is 11.6 Å². The number of nitrogens with one attached hydrogen (secondary N) is 1. The largest absolute Gasteiger partial charge is 0.496 e. The lowest BCUT2D eigenvalue weighted by Crippen LogP contribution is -2.36. The van der Waals surface area contributed by atoms with Crippen LogP contribution < -0.4 is 10.1 Å². The molecule has 0 aromatic heterocycles. The first-order valence-corrected chi connectivity index (χ1v) is 7.20. The fraction of sp³-hybridized carbons (Fsp3) is 0.600. The Hall–Kier alpha value is -0.770. The highest BCUT2D eigenvalue weighted by molar-refractivity contribution is 6.31. The summed E-state index contributed by atoms with van der Waals surface area (Å²) < 4.78 is 10.8. The molecule has 1 fully saturated rings. The third kappa shape index (κ3) is 3.85. The second kappa shape index (κ2) is 7.13. The highest BCUT2D eigenvalue weighted by Crippen LogP contribution is 2.27. The van der Waals surface area contributed by atoms with Crippen molar-refractivity contribution in [1.29, 1.82) is 0 Å². The third-order valence-corrected chi connectivity index (χ3v) is 4.18. The number of benzene rings is 1. The molecule has 0 spiro atoms. The second-order valence-corrected chi connectivity index (χ2v) is 5.43. The first-order valence-electron chi connectivity index (χ1n) is 6.82. The predicted molar refractivity (Wildman–Crippen MR) is 77.9 cm³/mol. The van der Waals surface area contributed by atoms with Crippen molar-refractivity contribution < 1.29 is 9.47 Å². The maximum atomic E-state index is 6.24. The van der Waals surface area contributed by atoms with Gasteiger partial charge in [0.2, 0.25) is 0 Å². The lowest BCUT2D eigenvalue weighted by molar-refractivity contribution is 0.0586. The summed E-state index contributed by atoms with van der Waals surface area (Å²) in [6.07, 6.45) is 5.05. The molecule has 1 aromatic rings. The van der Waals surface area contributed by atoms with Gasteiger partial charge in [-0.05, 0) is 37.8 Å². The van der Waals surface area contributed by atoms with E-state index in [1.807, 2.05) is 18.2 Å². The average molecular weight is 284 g/mol. The van der Waals surface area contributed by atoms with Gasteiger partial charge in [-0.15, -0.1) is 0 Å². The summed E-state index contributed by atoms with van der Waals surface area (Å²) in [5, 5.41) is 4.33. The van der Waals surface area contributed by atoms with E-state index in [1.165, 1.54) is 19.3 Å². The molecule has 2 unspecified atom stereocenters. The molecule has 0 amide bonds. The van der Waals surface area contributed by atoms with Gasteiger partial charge in [0.15, 0.2) is 0 Å². The lowest BCUT2D eigenvalue weighted by Gasteiger charge is -2.29. The molecular weight excluding hydrogens is 262 g/mol. The normalized spacial score (nSPS) is 23.3. The van der Waals surface area contributed by atoms with Crippen LogP contribution in [0.25, 0.3) is 0 Å². The maximum absolute atomic E-state index is 6.24. The summed E-state index contributed by atoms with van der Waals surface area (Å²) in [6.45, 7) is 0.740. The zero-order valence-corrected chi connectivity index (χ0v) is 12.4. The molecule has 0 heterocycles. The van der Waals surface area contributed by atoms with Gasteiger partial charge in [0.1, 0.15) is 5.75 Å². The molecule has 1 N–H and O–H groups in total. The van der Waals surface area contributed by atoms with Gasteiger partial charge in [-0.25, -0.2) is 0 Å². The molecule has 1 aromatic carbocycles. The van der Waals surface area contributed by atoms with Crippen LogP contribution in [0.2, 0.25) is 5.02 Å². The van der Waals surface area contributed by atoms with E-state index in [4.69, 9.17) is 21.1 Å². The molecular formula is C15H22ClNO2. The number of halogens is 1. The highest BCUT2D eigenvalue weighted by Gasteiger charge is 2.21. The minimum absolute atomic E-state index is 0.388. The standard InChI is InChI=1S/C15H22ClNO2/c1-18-12-6-3-5-11(9-12)17-10-13-14(16)7-4-8-15(13)19-2/h4,7-8,11-12,17H,3,5-6,9-10H2,1-2H3. The molecule has 0 saturated heterocycles. The summed E-state index contributed by atoms with van der Waals surface area (Å²) in [7, 11) is 3.47. The molecule has 0 radical (unpaired) electrons. The molecule has 4 heteroatoms. The Bertz CT molecular complexity index is 411. The summed E-state index contributed by atoms with van der Waals surface area (Å²) in [5.41, 5.74) is 1.03. The van der Waals surface area contributed by atoms with Gasteiger partial charge in [-0.1, -0.05) is 17.7 Å². The quantitative estimate of drug-likeness (QED) is 0.898. The van der Waals surface area contributed by atoms with E-state index in [-0.39, 0.29) is 0 Å². The smallest absolute Gasteiger partial charge is 0.124 e. The van der Waals surface area contributed by atoms with Crippen LogP contribution in [0.5, 0.6) is 5.75 Å². The minimum Gasteiger partial charge on any atom is -0.496 e. The van der Waals surface area contributed by atoms with Crippen molar-refractivity contribution in [3.8, 4) is 5.75 Å². The van der Waals surface area contributed by atoms with Crippen molar-refractivity contribution in [3.63, 3.8) is 0 Å². The monoisotopic (exact) mass is 283 g/mol. The van der Waals surface area contributed by atoms with Gasteiger partial charge in [0.25, 0.3) is 0 Å². The summed E-state index contributed by atoms with van der Waals surface area (Å²) in [5.74, 6) is 0.846. The van der Waals surface area contributed by atoms with Crippen LogP contribution in [0.1, 0.15) is 31.2 Å². The van der Waals surface area contributed by atoms with E-state index in [9.17, 15) is 0 Å². The lowest BCUT2D eigenvalue weighted by atomic mass is 9.92. The van der Waals surface area contributed by atoms with Crippen LogP contribution in [0.15, 0.2) is 18.2 Å². The Morgan fingerprint density at radius 2 is 2.16 bits per heavy atom. The van der Waals surface area contributed by atoms with Gasteiger partial charge in [-0.3, -0.25) is 0 Å². The molecule has 2 rings (SSSR count). The summed E-state index contributed by atoms with van der Waals surface area (Å²) in [6, 6.07) is 6.26. The van der Waals surface area contributed by atoms with Crippen molar-refractivity contribution in [1.82, 2.24) is 5.32 Å². The molecule has 3 nitrogen and oxygen atoms in total. The Kier molecular flexibility index (Phi) is 5.49. The van der Waals surface area contributed by atoms with Gasteiger partial charge in [-0.2, -0.15) is 0 Å². The van der Waals surface area contributed by atoms with Crippen LogP contribution in [0.3, 0.4) is 0 Å². The summed E-state index contributed by atoms with van der Waals surface area (Å²) >= 11 is 6.24. The molecule has 1 aliphatic rings. The molecule has 1 saturated carbocycles. The van der Waals surface area contributed by atoms with Gasteiger partial charge < -0.3 is 14.8 Å². The van der Waals surface area contributed by atoms with E-state index < -0.39 is 0 Å². The average Bonchev–Trinajstić information content (AvgIpc) is 2.46. The Morgan fingerprint density at radius 3 is 2.89 bits per heavy atom. The molecule has 106 valence electrons. The fourth-order valence-corrected chi connectivity index (χ4v) is 2.93. The second-order valence-electron chi connectivity index (χ2n) is 5.02. The molecule has 0 aliphatic heterocycles. The number of methoxy groups -OCH3 is 2. The van der Waals surface area contributed by atoms with Crippen LogP contribution in [-0.4, -0.2) is 26.4 Å². The Balaban J connectivity index is 1.95. The SMILES string of the molecule is COc1cccc(Cl)c1CNC1CCCC(OC)C1. The van der Waals surface area contributed by atoms with Crippen LogP contribution in [-0.2, 0) is 11.3 Å². The van der Waals surface area contributed by atoms with Crippen molar-refractivity contribution in [2.45, 2.75) is 44.4 Å². The van der Waals surface area contributed by atoms with Crippen LogP contribution in [0.4, 0.5) is 0 Å². The van der Waals surface area contributed by atoms with E-state index in [1.54, 1.807) is 14.2 Å². The van der Waals surface area contributed by atoms with Crippen LogP contribution in [0, 0.1) is 0 Å². The van der Waals surface area contributed by atoms with E-state index >= 15 is 0 Å². The van der Waals surface area contributed by atoms with Crippen molar-refractivity contribution in [3.05, 3.63) is 28.8 Å². The van der Waals surface area contributed by atoms with Crippen molar-refractivity contribution in [2.75, 3.05) is 14.2 Å². The molecule has 1 aliphatic carbocycles. The topological polar surface area (TPSA) is 30.5 Å². The number of rotatable bonds is 5. The Labute approximate surface area is 120 Å². The van der Waals surface area contributed by atoms with E-state index in [0.29, 0.717) is 12.1 Å². The maximum Gasteiger partial charge on any atom is 0.124 e. The summed E-state index contributed by atoms with van der Waals surface area (Å²) in [4.78, 5) is 0. The predicted octanol–water partition coefficient (Wildman–Crippen LogP) is 3.40. The molecule has 0 bridgehead atoms. The zero-order valence-electron chi connectivity index (χ0n) is 11.6. The van der Waals surface area contributed by atoms with E-state index in [2.05, 4.69) is 5.32 Å². The zero-order chi connectivity index (χ0) is 13.7. The van der Waals surface area contributed by atoms with Crippen LogP contribution >= 0.6 is 11.6 Å². The number of hydrogen-bond acceptors (Lipinski definition) is 3. The number of ether oxygens (including phenoxy) is 2. The first-order chi connectivity index (χ1) is 9.24. The minimum atomic E-state index is 0.388. The van der Waals surface area contributed by atoms with Gasteiger partial charge >= 0.3 is 0 Å². The third-order valence-electron chi connectivity index (χ3n) is 3.82. The Morgan fingerprint density at radius 1 is 1.32 bits per heavy atom. The fourth-order valence-electron chi connectivity index (χ4n) is 2.69. The highest BCUT2D eigenvalue weighted by atomic mass is 35.5. The van der Waals surface area contributed by atoms with E-state index in [0.717, 1.165) is 29.3 Å². The number of hydrogen-bond donors (Lipinski definition) is 1. The molecule has 2 atom stereocenters. The van der Waals surface area contributed by atoms with Gasteiger partial charge in [0, 0.05) is 30.3 Å².